The number of rotatable bonds is 3. The van der Waals surface area contributed by atoms with Gasteiger partial charge in [0.05, 0.1) is 12.9 Å². The van der Waals surface area contributed by atoms with E-state index in [0.29, 0.717) is 5.56 Å². The molecular weight excluding hydrogens is 209 g/mol. The number of benzene rings is 1. The summed E-state index contributed by atoms with van der Waals surface area (Å²) in [6.45, 7) is 0. The molecule has 0 radical (unpaired) electrons. The van der Waals surface area contributed by atoms with Crippen LogP contribution in [0.4, 0.5) is 4.39 Å². The van der Waals surface area contributed by atoms with E-state index in [-0.39, 0.29) is 11.5 Å². The molecule has 6 heteroatoms. The minimum absolute atomic E-state index is 0.0724. The molecule has 4 nitrogen and oxygen atoms in total. The lowest BCUT2D eigenvalue weighted by molar-refractivity contribution is 0.386. The minimum Gasteiger partial charge on any atom is -0.494 e. The molecule has 0 atom stereocenters. The highest BCUT2D eigenvalue weighted by Crippen LogP contribution is 2.18. The fourth-order valence-electron chi connectivity index (χ4n) is 1.03. The summed E-state index contributed by atoms with van der Waals surface area (Å²) in [5, 5.41) is 4.81. The van der Waals surface area contributed by atoms with E-state index in [1.54, 1.807) is 0 Å². The van der Waals surface area contributed by atoms with Crippen molar-refractivity contribution in [2.75, 3.05) is 7.11 Å². The second-order valence-electron chi connectivity index (χ2n) is 2.78. The summed E-state index contributed by atoms with van der Waals surface area (Å²) in [6, 6.07) is 3.89. The van der Waals surface area contributed by atoms with E-state index in [4.69, 9.17) is 5.14 Å². The van der Waals surface area contributed by atoms with Crippen LogP contribution in [0.3, 0.4) is 0 Å². The maximum atomic E-state index is 13.1. The van der Waals surface area contributed by atoms with Gasteiger partial charge in [-0.15, -0.1) is 0 Å². The molecule has 0 amide bonds. The minimum atomic E-state index is -3.62. The standard InChI is InChI=1S/C8H10FNO3S/c1-13-8-3-2-6(4-7(8)9)5-14(10,11)12/h2-4H,5H2,1H3,(H2,10,11,12). The number of primary sulfonamides is 1. The molecule has 0 aromatic heterocycles. The van der Waals surface area contributed by atoms with Gasteiger partial charge in [-0.2, -0.15) is 0 Å². The topological polar surface area (TPSA) is 69.4 Å². The van der Waals surface area contributed by atoms with Gasteiger partial charge in [0.2, 0.25) is 10.0 Å². The fraction of sp³-hybridized carbons (Fsp3) is 0.250. The Bertz CT molecular complexity index is 430. The molecule has 1 rings (SSSR count). The maximum absolute atomic E-state index is 13.1. The molecule has 1 aromatic carbocycles. The molecule has 78 valence electrons. The largest absolute Gasteiger partial charge is 0.494 e. The Kier molecular flexibility index (Phi) is 3.07. The van der Waals surface area contributed by atoms with Gasteiger partial charge in [-0.3, -0.25) is 0 Å². The number of ether oxygens (including phenoxy) is 1. The molecule has 0 heterocycles. The number of methoxy groups -OCH3 is 1. The van der Waals surface area contributed by atoms with Gasteiger partial charge >= 0.3 is 0 Å². The van der Waals surface area contributed by atoms with Crippen LogP contribution in [-0.4, -0.2) is 15.5 Å². The third-order valence-corrected chi connectivity index (χ3v) is 2.32. The van der Waals surface area contributed by atoms with Crippen LogP contribution in [0.15, 0.2) is 18.2 Å². The van der Waals surface area contributed by atoms with Gasteiger partial charge in [0.15, 0.2) is 11.6 Å². The number of hydrogen-bond donors (Lipinski definition) is 1. The van der Waals surface area contributed by atoms with Crippen LogP contribution in [0, 0.1) is 5.82 Å². The van der Waals surface area contributed by atoms with Crippen molar-refractivity contribution in [3.63, 3.8) is 0 Å². The number of sulfonamides is 1. The lowest BCUT2D eigenvalue weighted by Crippen LogP contribution is -2.14. The Morgan fingerprint density at radius 3 is 2.57 bits per heavy atom. The number of nitrogens with two attached hydrogens (primary N) is 1. The van der Waals surface area contributed by atoms with Gasteiger partial charge in [0.1, 0.15) is 0 Å². The highest BCUT2D eigenvalue weighted by molar-refractivity contribution is 7.88. The van der Waals surface area contributed by atoms with Crippen molar-refractivity contribution in [1.82, 2.24) is 0 Å². The third kappa shape index (κ3) is 2.97. The Labute approximate surface area is 81.5 Å². The zero-order valence-corrected chi connectivity index (χ0v) is 8.34. The molecule has 0 saturated heterocycles. The first-order valence-electron chi connectivity index (χ1n) is 3.75. The van der Waals surface area contributed by atoms with E-state index in [9.17, 15) is 12.8 Å². The highest BCUT2D eigenvalue weighted by Gasteiger charge is 2.08. The van der Waals surface area contributed by atoms with Gasteiger partial charge in [0.25, 0.3) is 0 Å². The third-order valence-electron chi connectivity index (χ3n) is 1.58. The number of hydrogen-bond acceptors (Lipinski definition) is 3. The van der Waals surface area contributed by atoms with Crippen molar-refractivity contribution in [2.45, 2.75) is 5.75 Å². The average Bonchev–Trinajstić information content (AvgIpc) is 2.01. The molecule has 0 bridgehead atoms. The quantitative estimate of drug-likeness (QED) is 0.810. The average molecular weight is 219 g/mol. The first-order valence-corrected chi connectivity index (χ1v) is 5.47. The fourth-order valence-corrected chi connectivity index (χ4v) is 1.68. The van der Waals surface area contributed by atoms with Crippen molar-refractivity contribution in [1.29, 1.82) is 0 Å². The molecule has 0 aliphatic carbocycles. The second kappa shape index (κ2) is 3.93. The summed E-state index contributed by atoms with van der Waals surface area (Å²) in [5.74, 6) is -0.912. The zero-order chi connectivity index (χ0) is 10.8. The molecule has 14 heavy (non-hydrogen) atoms. The van der Waals surface area contributed by atoms with Crippen LogP contribution in [0.25, 0.3) is 0 Å². The van der Waals surface area contributed by atoms with Crippen LogP contribution >= 0.6 is 0 Å². The lowest BCUT2D eigenvalue weighted by Gasteiger charge is -2.03. The van der Waals surface area contributed by atoms with E-state index >= 15 is 0 Å². The van der Waals surface area contributed by atoms with Gasteiger partial charge in [-0.25, -0.2) is 17.9 Å². The normalized spacial score (nSPS) is 11.4. The first kappa shape index (κ1) is 10.9. The molecule has 0 saturated carbocycles. The van der Waals surface area contributed by atoms with E-state index in [1.807, 2.05) is 0 Å². The lowest BCUT2D eigenvalue weighted by atomic mass is 10.2. The van der Waals surface area contributed by atoms with Crippen molar-refractivity contribution < 1.29 is 17.5 Å². The van der Waals surface area contributed by atoms with E-state index in [2.05, 4.69) is 4.74 Å². The van der Waals surface area contributed by atoms with Crippen molar-refractivity contribution in [2.24, 2.45) is 5.14 Å². The van der Waals surface area contributed by atoms with Gasteiger partial charge in [0, 0.05) is 0 Å². The molecule has 0 aliphatic heterocycles. The van der Waals surface area contributed by atoms with Crippen molar-refractivity contribution in [3.05, 3.63) is 29.6 Å². The van der Waals surface area contributed by atoms with Gasteiger partial charge in [-0.1, -0.05) is 6.07 Å². The smallest absolute Gasteiger partial charge is 0.213 e. The van der Waals surface area contributed by atoms with Crippen LogP contribution in [0.5, 0.6) is 5.75 Å². The molecular formula is C8H10FNO3S. The molecule has 0 fully saturated rings. The van der Waals surface area contributed by atoms with E-state index in [1.165, 1.54) is 19.2 Å². The summed E-state index contributed by atoms with van der Waals surface area (Å²) in [4.78, 5) is 0. The van der Waals surface area contributed by atoms with E-state index < -0.39 is 15.8 Å². The molecule has 0 unspecified atom stereocenters. The summed E-state index contributed by atoms with van der Waals surface area (Å²) in [6.07, 6.45) is 0. The predicted molar refractivity (Wildman–Crippen MR) is 49.8 cm³/mol. The Morgan fingerprint density at radius 1 is 1.50 bits per heavy atom. The van der Waals surface area contributed by atoms with Crippen LogP contribution in [-0.2, 0) is 15.8 Å². The predicted octanol–water partition coefficient (Wildman–Crippen LogP) is 0.623. The Balaban J connectivity index is 2.98. The maximum Gasteiger partial charge on any atom is 0.213 e. The Morgan fingerprint density at radius 2 is 2.14 bits per heavy atom. The summed E-state index contributed by atoms with van der Waals surface area (Å²) >= 11 is 0. The second-order valence-corrected chi connectivity index (χ2v) is 4.39. The SMILES string of the molecule is COc1ccc(CS(N)(=O)=O)cc1F. The monoisotopic (exact) mass is 219 g/mol. The van der Waals surface area contributed by atoms with Gasteiger partial charge < -0.3 is 4.74 Å². The van der Waals surface area contributed by atoms with Crippen molar-refractivity contribution >= 4 is 10.0 Å². The van der Waals surface area contributed by atoms with E-state index in [0.717, 1.165) is 6.07 Å². The summed E-state index contributed by atoms with van der Waals surface area (Å²) in [7, 11) is -2.29. The van der Waals surface area contributed by atoms with Gasteiger partial charge in [-0.05, 0) is 17.7 Å². The molecule has 0 aliphatic rings. The Hall–Kier alpha value is -1.14. The molecule has 1 aromatic rings. The highest BCUT2D eigenvalue weighted by atomic mass is 32.2. The zero-order valence-electron chi connectivity index (χ0n) is 7.53. The molecule has 2 N–H and O–H groups in total. The van der Waals surface area contributed by atoms with Crippen LogP contribution in [0.2, 0.25) is 0 Å². The van der Waals surface area contributed by atoms with Crippen LogP contribution in [0.1, 0.15) is 5.56 Å². The molecule has 0 spiro atoms. The summed E-state index contributed by atoms with van der Waals surface area (Å²) < 4.78 is 39.1. The first-order chi connectivity index (χ1) is 6.42. The summed E-state index contributed by atoms with van der Waals surface area (Å²) in [5.41, 5.74) is 0.297. The van der Waals surface area contributed by atoms with Crippen molar-refractivity contribution in [3.8, 4) is 5.75 Å². The van der Waals surface area contributed by atoms with Crippen LogP contribution < -0.4 is 9.88 Å². The number of halogens is 1.